The lowest BCUT2D eigenvalue weighted by Gasteiger charge is -2.27. The van der Waals surface area contributed by atoms with Gasteiger partial charge in [-0.15, -0.1) is 0 Å². The van der Waals surface area contributed by atoms with Crippen LogP contribution >= 0.6 is 0 Å². The Labute approximate surface area is 118 Å². The Balaban J connectivity index is 2.76. The van der Waals surface area contributed by atoms with Gasteiger partial charge in [-0.25, -0.2) is 0 Å². The molecule has 1 aromatic rings. The molecule has 1 aromatic carbocycles. The maximum atomic E-state index is 9.82. The van der Waals surface area contributed by atoms with Crippen molar-refractivity contribution < 1.29 is 5.11 Å². The van der Waals surface area contributed by atoms with Crippen molar-refractivity contribution in [3.8, 4) is 0 Å². The maximum Gasteiger partial charge on any atom is 0.0787 e. The lowest BCUT2D eigenvalue weighted by Crippen LogP contribution is -2.28. The van der Waals surface area contributed by atoms with Gasteiger partial charge in [0.2, 0.25) is 0 Å². The van der Waals surface area contributed by atoms with Crippen LogP contribution in [0, 0.1) is 5.92 Å². The number of rotatable bonds is 8. The first-order valence-electron chi connectivity index (χ1n) is 7.69. The zero-order chi connectivity index (χ0) is 14.3. The van der Waals surface area contributed by atoms with E-state index in [9.17, 15) is 5.11 Å². The highest BCUT2D eigenvalue weighted by Gasteiger charge is 2.11. The van der Waals surface area contributed by atoms with Crippen LogP contribution in [0.1, 0.15) is 58.6 Å². The third kappa shape index (κ3) is 4.54. The summed E-state index contributed by atoms with van der Waals surface area (Å²) >= 11 is 0. The van der Waals surface area contributed by atoms with E-state index >= 15 is 0 Å². The van der Waals surface area contributed by atoms with Crippen LogP contribution in [-0.2, 0) is 0 Å². The van der Waals surface area contributed by atoms with Gasteiger partial charge in [-0.05, 0) is 37.0 Å². The van der Waals surface area contributed by atoms with Gasteiger partial charge in [-0.2, -0.15) is 0 Å². The molecule has 0 aliphatic carbocycles. The molecule has 0 bridgehead atoms. The predicted octanol–water partition coefficient (Wildman–Crippen LogP) is 4.39. The SMILES string of the molecule is CCC(CC)CN(CC)c1ccc(C(O)CC)cc1. The van der Waals surface area contributed by atoms with Gasteiger partial charge in [-0.1, -0.05) is 45.7 Å². The molecular weight excluding hydrogens is 234 g/mol. The zero-order valence-electron chi connectivity index (χ0n) is 12.9. The van der Waals surface area contributed by atoms with E-state index in [0.29, 0.717) is 0 Å². The van der Waals surface area contributed by atoms with Crippen molar-refractivity contribution in [1.82, 2.24) is 0 Å². The quantitative estimate of drug-likeness (QED) is 0.751. The summed E-state index contributed by atoms with van der Waals surface area (Å²) in [5.41, 5.74) is 2.28. The van der Waals surface area contributed by atoms with Gasteiger partial charge in [0.1, 0.15) is 0 Å². The minimum atomic E-state index is -0.330. The fourth-order valence-electron chi connectivity index (χ4n) is 2.42. The molecule has 2 heteroatoms. The van der Waals surface area contributed by atoms with E-state index in [1.54, 1.807) is 0 Å². The third-order valence-electron chi connectivity index (χ3n) is 4.04. The van der Waals surface area contributed by atoms with Gasteiger partial charge < -0.3 is 10.0 Å². The second-order valence-electron chi connectivity index (χ2n) is 5.24. The largest absolute Gasteiger partial charge is 0.388 e. The molecule has 0 saturated carbocycles. The molecular formula is C17H29NO. The van der Waals surface area contributed by atoms with Gasteiger partial charge in [0.05, 0.1) is 6.10 Å². The Hall–Kier alpha value is -1.02. The van der Waals surface area contributed by atoms with Crippen molar-refractivity contribution in [1.29, 1.82) is 0 Å². The number of aliphatic hydroxyl groups excluding tert-OH is 1. The number of anilines is 1. The topological polar surface area (TPSA) is 23.5 Å². The molecule has 2 nitrogen and oxygen atoms in total. The number of nitrogens with zero attached hydrogens (tertiary/aromatic N) is 1. The van der Waals surface area contributed by atoms with Crippen molar-refractivity contribution in [3.05, 3.63) is 29.8 Å². The van der Waals surface area contributed by atoms with E-state index in [2.05, 4.69) is 49.9 Å². The smallest absolute Gasteiger partial charge is 0.0787 e. The van der Waals surface area contributed by atoms with E-state index in [4.69, 9.17) is 0 Å². The van der Waals surface area contributed by atoms with Gasteiger partial charge in [0.15, 0.2) is 0 Å². The molecule has 0 heterocycles. The lowest BCUT2D eigenvalue weighted by atomic mass is 10.0. The lowest BCUT2D eigenvalue weighted by molar-refractivity contribution is 0.173. The Kier molecular flexibility index (Phi) is 6.93. The molecule has 1 rings (SSSR count). The highest BCUT2D eigenvalue weighted by Crippen LogP contribution is 2.22. The van der Waals surface area contributed by atoms with Crippen LogP contribution in [0.4, 0.5) is 5.69 Å². The second kappa shape index (κ2) is 8.21. The summed E-state index contributed by atoms with van der Waals surface area (Å²) in [6.45, 7) is 10.9. The van der Waals surface area contributed by atoms with E-state index in [1.165, 1.54) is 18.5 Å². The number of hydrogen-bond acceptors (Lipinski definition) is 2. The number of aliphatic hydroxyl groups is 1. The van der Waals surface area contributed by atoms with Crippen molar-refractivity contribution in [3.63, 3.8) is 0 Å². The average molecular weight is 263 g/mol. The van der Waals surface area contributed by atoms with Crippen LogP contribution in [0.25, 0.3) is 0 Å². The maximum absolute atomic E-state index is 9.82. The van der Waals surface area contributed by atoms with E-state index in [1.807, 2.05) is 6.92 Å². The first-order chi connectivity index (χ1) is 9.15. The molecule has 0 fully saturated rings. The molecule has 0 aromatic heterocycles. The first kappa shape index (κ1) is 16.0. The first-order valence-corrected chi connectivity index (χ1v) is 7.69. The minimum Gasteiger partial charge on any atom is -0.388 e. The van der Waals surface area contributed by atoms with Crippen molar-refractivity contribution in [2.45, 2.75) is 53.1 Å². The fraction of sp³-hybridized carbons (Fsp3) is 0.647. The molecule has 0 amide bonds. The molecule has 0 spiro atoms. The highest BCUT2D eigenvalue weighted by atomic mass is 16.3. The summed E-state index contributed by atoms with van der Waals surface area (Å²) in [4.78, 5) is 2.43. The Morgan fingerprint density at radius 1 is 0.947 bits per heavy atom. The standard InChI is InChI=1S/C17H29NO/c1-5-14(6-2)13-18(8-4)16-11-9-15(10-12-16)17(19)7-3/h9-12,14,17,19H,5-8,13H2,1-4H3. The summed E-state index contributed by atoms with van der Waals surface area (Å²) in [5, 5.41) is 9.82. The predicted molar refractivity (Wildman–Crippen MR) is 83.7 cm³/mol. The molecule has 0 saturated heterocycles. The van der Waals surface area contributed by atoms with Crippen LogP contribution in [0.3, 0.4) is 0 Å². The van der Waals surface area contributed by atoms with Crippen molar-refractivity contribution >= 4 is 5.69 Å². The summed E-state index contributed by atoms with van der Waals surface area (Å²) < 4.78 is 0. The number of benzene rings is 1. The second-order valence-corrected chi connectivity index (χ2v) is 5.24. The Morgan fingerprint density at radius 2 is 1.53 bits per heavy atom. The third-order valence-corrected chi connectivity index (χ3v) is 4.04. The van der Waals surface area contributed by atoms with Crippen LogP contribution in [-0.4, -0.2) is 18.2 Å². The molecule has 0 radical (unpaired) electrons. The monoisotopic (exact) mass is 263 g/mol. The van der Waals surface area contributed by atoms with Crippen LogP contribution in [0.5, 0.6) is 0 Å². The normalized spacial score (nSPS) is 12.7. The summed E-state index contributed by atoms with van der Waals surface area (Å²) in [7, 11) is 0. The molecule has 0 aliphatic heterocycles. The summed E-state index contributed by atoms with van der Waals surface area (Å²) in [6.07, 6.45) is 2.91. The van der Waals surface area contributed by atoms with Gasteiger partial charge in [0.25, 0.3) is 0 Å². The van der Waals surface area contributed by atoms with Crippen molar-refractivity contribution in [2.24, 2.45) is 5.92 Å². The molecule has 1 atom stereocenters. The molecule has 0 aliphatic rings. The van der Waals surface area contributed by atoms with Crippen LogP contribution in [0.2, 0.25) is 0 Å². The average Bonchev–Trinajstić information content (AvgIpc) is 2.48. The molecule has 1 N–H and O–H groups in total. The molecule has 1 unspecified atom stereocenters. The number of hydrogen-bond donors (Lipinski definition) is 1. The van der Waals surface area contributed by atoms with Crippen LogP contribution in [0.15, 0.2) is 24.3 Å². The molecule has 108 valence electrons. The van der Waals surface area contributed by atoms with E-state index < -0.39 is 0 Å². The Morgan fingerprint density at radius 3 is 1.95 bits per heavy atom. The molecule has 19 heavy (non-hydrogen) atoms. The van der Waals surface area contributed by atoms with E-state index in [-0.39, 0.29) is 6.10 Å². The minimum absolute atomic E-state index is 0.330. The summed E-state index contributed by atoms with van der Waals surface area (Å²) in [6, 6.07) is 8.39. The van der Waals surface area contributed by atoms with Gasteiger partial charge in [-0.3, -0.25) is 0 Å². The van der Waals surface area contributed by atoms with Crippen LogP contribution < -0.4 is 4.90 Å². The highest BCUT2D eigenvalue weighted by molar-refractivity contribution is 5.47. The zero-order valence-corrected chi connectivity index (χ0v) is 12.9. The fourth-order valence-corrected chi connectivity index (χ4v) is 2.42. The van der Waals surface area contributed by atoms with Gasteiger partial charge >= 0.3 is 0 Å². The van der Waals surface area contributed by atoms with Gasteiger partial charge in [0, 0.05) is 18.8 Å². The summed E-state index contributed by atoms with van der Waals surface area (Å²) in [5.74, 6) is 0.765. The van der Waals surface area contributed by atoms with E-state index in [0.717, 1.165) is 31.0 Å². The van der Waals surface area contributed by atoms with Crippen molar-refractivity contribution in [2.75, 3.05) is 18.0 Å². The Bertz CT molecular complexity index is 343.